The van der Waals surface area contributed by atoms with Gasteiger partial charge in [0.2, 0.25) is 5.91 Å². The number of hydrogen-bond acceptors (Lipinski definition) is 4. The highest BCUT2D eigenvalue weighted by molar-refractivity contribution is 5.99. The molecule has 0 radical (unpaired) electrons. The summed E-state index contributed by atoms with van der Waals surface area (Å²) in [6.45, 7) is 0.346. The molecule has 1 aromatic heterocycles. The van der Waals surface area contributed by atoms with E-state index in [1.807, 2.05) is 0 Å². The van der Waals surface area contributed by atoms with Crippen LogP contribution in [-0.4, -0.2) is 53.0 Å². The van der Waals surface area contributed by atoms with E-state index < -0.39 is 6.04 Å². The van der Waals surface area contributed by atoms with E-state index >= 15 is 0 Å². The Morgan fingerprint density at radius 1 is 1.65 bits per heavy atom. The number of carbonyl (C=O) groups excluding carboxylic acids is 2. The summed E-state index contributed by atoms with van der Waals surface area (Å²) in [6.07, 6.45) is 3.55. The molecule has 1 aromatic rings. The van der Waals surface area contributed by atoms with Crippen LogP contribution in [-0.2, 0) is 4.79 Å². The number of aromatic nitrogens is 1. The molecule has 0 spiro atoms. The summed E-state index contributed by atoms with van der Waals surface area (Å²) in [5.41, 5.74) is 0.779. The van der Waals surface area contributed by atoms with E-state index in [2.05, 4.69) is 22.1 Å². The van der Waals surface area contributed by atoms with E-state index in [-0.39, 0.29) is 18.4 Å². The molecule has 0 bridgehead atoms. The third-order valence-corrected chi connectivity index (χ3v) is 3.10. The Labute approximate surface area is 116 Å². The van der Waals surface area contributed by atoms with Gasteiger partial charge in [-0.25, -0.2) is 0 Å². The summed E-state index contributed by atoms with van der Waals surface area (Å²) >= 11 is 0. The molecule has 2 N–H and O–H groups in total. The first-order valence-electron chi connectivity index (χ1n) is 6.23. The van der Waals surface area contributed by atoms with Crippen molar-refractivity contribution in [2.24, 2.45) is 0 Å². The van der Waals surface area contributed by atoms with Gasteiger partial charge in [0.05, 0.1) is 11.1 Å². The summed E-state index contributed by atoms with van der Waals surface area (Å²) in [6, 6.07) is 1.05. The lowest BCUT2D eigenvalue weighted by Crippen LogP contribution is -2.40. The summed E-state index contributed by atoms with van der Waals surface area (Å²) in [5, 5.41) is 11.4. The topological polar surface area (TPSA) is 82.5 Å². The molecule has 6 heteroatoms. The van der Waals surface area contributed by atoms with Crippen LogP contribution in [0.4, 0.5) is 0 Å². The molecule has 0 aliphatic carbocycles. The zero-order valence-corrected chi connectivity index (χ0v) is 11.1. The molecule has 1 aliphatic heterocycles. The van der Waals surface area contributed by atoms with Crippen molar-refractivity contribution < 1.29 is 14.7 Å². The van der Waals surface area contributed by atoms with Crippen molar-refractivity contribution in [2.75, 3.05) is 20.2 Å². The minimum Gasteiger partial charge on any atom is -0.384 e. The molecule has 6 nitrogen and oxygen atoms in total. The molecule has 20 heavy (non-hydrogen) atoms. The maximum absolute atomic E-state index is 12.2. The number of aliphatic hydroxyl groups excluding tert-OH is 1. The van der Waals surface area contributed by atoms with E-state index in [1.54, 1.807) is 18.0 Å². The number of likely N-dealkylation sites (tertiary alicyclic amines) is 1. The number of amides is 2. The number of rotatable bonds is 2. The number of hydrogen-bond donors (Lipinski definition) is 2. The van der Waals surface area contributed by atoms with Crippen LogP contribution < -0.4 is 5.32 Å². The van der Waals surface area contributed by atoms with Crippen LogP contribution in [0, 0.1) is 11.8 Å². The van der Waals surface area contributed by atoms with Crippen LogP contribution in [0.15, 0.2) is 18.5 Å². The van der Waals surface area contributed by atoms with Crippen molar-refractivity contribution in [1.29, 1.82) is 0 Å². The highest BCUT2D eigenvalue weighted by Gasteiger charge is 2.30. The number of aliphatic hydroxyl groups is 1. The van der Waals surface area contributed by atoms with Crippen molar-refractivity contribution in [3.63, 3.8) is 0 Å². The van der Waals surface area contributed by atoms with Gasteiger partial charge < -0.3 is 15.3 Å². The molecule has 0 aromatic carbocycles. The second-order valence-corrected chi connectivity index (χ2v) is 4.46. The minimum absolute atomic E-state index is 0.0876. The van der Waals surface area contributed by atoms with Gasteiger partial charge in [0.15, 0.2) is 0 Å². The van der Waals surface area contributed by atoms with Gasteiger partial charge >= 0.3 is 0 Å². The SMILES string of the molecule is CN1CCC(NC(=O)c2ccncc2C#CCO)C1=O. The molecule has 2 heterocycles. The summed E-state index contributed by atoms with van der Waals surface area (Å²) < 4.78 is 0. The highest BCUT2D eigenvalue weighted by Crippen LogP contribution is 2.11. The van der Waals surface area contributed by atoms with Crippen LogP contribution in [0.3, 0.4) is 0 Å². The summed E-state index contributed by atoms with van der Waals surface area (Å²) in [4.78, 5) is 29.5. The van der Waals surface area contributed by atoms with Crippen LogP contribution >= 0.6 is 0 Å². The van der Waals surface area contributed by atoms with Gasteiger partial charge in [-0.2, -0.15) is 0 Å². The first kappa shape index (κ1) is 14.0. The molecule has 1 fully saturated rings. The van der Waals surface area contributed by atoms with Gasteiger partial charge in [0.1, 0.15) is 12.6 Å². The normalized spacial score (nSPS) is 17.6. The maximum atomic E-state index is 12.2. The summed E-state index contributed by atoms with van der Waals surface area (Å²) in [5.74, 6) is 4.70. The van der Waals surface area contributed by atoms with Gasteiger partial charge in [0, 0.05) is 26.0 Å². The molecular weight excluding hydrogens is 258 g/mol. The number of likely N-dealkylation sites (N-methyl/N-ethyl adjacent to an activating group) is 1. The van der Waals surface area contributed by atoms with Crippen LogP contribution in [0.25, 0.3) is 0 Å². The Balaban J connectivity index is 2.15. The molecule has 0 saturated carbocycles. The highest BCUT2D eigenvalue weighted by atomic mass is 16.2. The molecule has 104 valence electrons. The average molecular weight is 273 g/mol. The minimum atomic E-state index is -0.487. The lowest BCUT2D eigenvalue weighted by Gasteiger charge is -2.12. The quantitative estimate of drug-likeness (QED) is 0.704. The van der Waals surface area contributed by atoms with Crippen molar-refractivity contribution in [3.05, 3.63) is 29.6 Å². The Hall–Kier alpha value is -2.39. The standard InChI is InChI=1S/C14H15N3O3/c1-17-7-5-12(14(17)20)16-13(19)11-4-6-15-9-10(11)3-2-8-18/h4,6,9,12,18H,5,7-8H2,1H3,(H,16,19). The Kier molecular flexibility index (Phi) is 4.33. The molecule has 1 saturated heterocycles. The average Bonchev–Trinajstić information content (AvgIpc) is 2.77. The molecule has 1 unspecified atom stereocenters. The van der Waals surface area contributed by atoms with Gasteiger partial charge in [-0.15, -0.1) is 0 Å². The number of carbonyl (C=O) groups is 2. The lowest BCUT2D eigenvalue weighted by atomic mass is 10.1. The fourth-order valence-electron chi connectivity index (χ4n) is 2.02. The van der Waals surface area contributed by atoms with Gasteiger partial charge in [0.25, 0.3) is 5.91 Å². The number of nitrogens with zero attached hydrogens (tertiary/aromatic N) is 2. The largest absolute Gasteiger partial charge is 0.384 e. The van der Waals surface area contributed by atoms with Crippen molar-refractivity contribution >= 4 is 11.8 Å². The Bertz CT molecular complexity index is 589. The van der Waals surface area contributed by atoms with Crippen LogP contribution in [0.1, 0.15) is 22.3 Å². The Morgan fingerprint density at radius 3 is 3.10 bits per heavy atom. The monoisotopic (exact) mass is 273 g/mol. The van der Waals surface area contributed by atoms with Crippen molar-refractivity contribution in [2.45, 2.75) is 12.5 Å². The fraction of sp³-hybridized carbons (Fsp3) is 0.357. The second-order valence-electron chi connectivity index (χ2n) is 4.46. The third-order valence-electron chi connectivity index (χ3n) is 3.10. The zero-order valence-electron chi connectivity index (χ0n) is 11.1. The van der Waals surface area contributed by atoms with Crippen molar-refractivity contribution in [1.82, 2.24) is 15.2 Å². The van der Waals surface area contributed by atoms with Crippen LogP contribution in [0.5, 0.6) is 0 Å². The van der Waals surface area contributed by atoms with Crippen molar-refractivity contribution in [3.8, 4) is 11.8 Å². The molecular formula is C14H15N3O3. The smallest absolute Gasteiger partial charge is 0.253 e. The van der Waals surface area contributed by atoms with E-state index in [4.69, 9.17) is 5.11 Å². The summed E-state index contributed by atoms with van der Waals surface area (Å²) in [7, 11) is 1.71. The number of nitrogens with one attached hydrogen (secondary N) is 1. The van der Waals surface area contributed by atoms with E-state index in [0.717, 1.165) is 0 Å². The Morgan fingerprint density at radius 2 is 2.45 bits per heavy atom. The number of pyridine rings is 1. The van der Waals surface area contributed by atoms with Gasteiger partial charge in [-0.1, -0.05) is 11.8 Å². The first-order chi connectivity index (χ1) is 9.63. The third kappa shape index (κ3) is 2.95. The van der Waals surface area contributed by atoms with Gasteiger partial charge in [-0.05, 0) is 12.5 Å². The van der Waals surface area contributed by atoms with E-state index in [9.17, 15) is 9.59 Å². The molecule has 1 aliphatic rings. The predicted octanol–water partition coefficient (Wildman–Crippen LogP) is -0.614. The van der Waals surface area contributed by atoms with Crippen LogP contribution in [0.2, 0.25) is 0 Å². The molecule has 1 atom stereocenters. The zero-order chi connectivity index (χ0) is 14.5. The maximum Gasteiger partial charge on any atom is 0.253 e. The second kappa shape index (κ2) is 6.17. The molecule has 2 rings (SSSR count). The first-order valence-corrected chi connectivity index (χ1v) is 6.23. The van der Waals surface area contributed by atoms with E-state index in [0.29, 0.717) is 24.1 Å². The van der Waals surface area contributed by atoms with Gasteiger partial charge in [-0.3, -0.25) is 14.6 Å². The molecule has 2 amide bonds. The van der Waals surface area contributed by atoms with E-state index in [1.165, 1.54) is 12.4 Å². The fourth-order valence-corrected chi connectivity index (χ4v) is 2.02. The predicted molar refractivity (Wildman–Crippen MR) is 71.7 cm³/mol. The lowest BCUT2D eigenvalue weighted by molar-refractivity contribution is -0.128.